The zero-order chi connectivity index (χ0) is 39.4. The standard InChI is InChI=1S/C48H86O6/c1-4-7-10-13-16-18-20-22-23-24-26-27-29-32-35-38-41-47(50)53-44-45(43-52-46(49)40-37-34-31-15-12-9-6-3)54-48(51)42-39-36-33-30-28-25-21-19-17-14-11-8-5-2/h18-21,23-24,45H,4-17,22,25-44H2,1-3H3/b20-18-,21-19-,24-23-. The molecule has 0 aliphatic rings. The van der Waals surface area contributed by atoms with Gasteiger partial charge in [-0.1, -0.05) is 173 Å². The maximum absolute atomic E-state index is 12.7. The number of carbonyl (C=O) groups excluding carboxylic acids is 3. The average Bonchev–Trinajstić information content (AvgIpc) is 3.17. The van der Waals surface area contributed by atoms with Crippen LogP contribution in [0.4, 0.5) is 0 Å². The third-order valence-corrected chi connectivity index (χ3v) is 9.87. The van der Waals surface area contributed by atoms with Gasteiger partial charge in [-0.3, -0.25) is 14.4 Å². The lowest BCUT2D eigenvalue weighted by Gasteiger charge is -2.18. The van der Waals surface area contributed by atoms with Crippen LogP contribution in [0.25, 0.3) is 0 Å². The Hall–Kier alpha value is -2.37. The SMILES string of the molecule is CCCCCC/C=C\C/C=C\CCCCCCCC(=O)OCC(COC(=O)CCCCCCCCC)OC(=O)CCCCCCC/C=C\CCCCCC. The molecule has 1 atom stereocenters. The van der Waals surface area contributed by atoms with Crippen LogP contribution in [0.5, 0.6) is 0 Å². The van der Waals surface area contributed by atoms with Crippen LogP contribution >= 0.6 is 0 Å². The fourth-order valence-electron chi connectivity index (χ4n) is 6.35. The second-order valence-electron chi connectivity index (χ2n) is 15.3. The van der Waals surface area contributed by atoms with Crippen LogP contribution in [0.1, 0.15) is 233 Å². The normalized spacial score (nSPS) is 12.3. The first-order valence-corrected chi connectivity index (χ1v) is 23.0. The molecule has 0 aromatic rings. The monoisotopic (exact) mass is 759 g/mol. The van der Waals surface area contributed by atoms with Gasteiger partial charge in [0.1, 0.15) is 13.2 Å². The molecule has 0 saturated carbocycles. The smallest absolute Gasteiger partial charge is 0.306 e. The van der Waals surface area contributed by atoms with Crippen molar-refractivity contribution in [1.29, 1.82) is 0 Å². The molecule has 314 valence electrons. The minimum atomic E-state index is -0.775. The zero-order valence-corrected chi connectivity index (χ0v) is 35.7. The Morgan fingerprint density at radius 1 is 0.370 bits per heavy atom. The number of ether oxygens (including phenoxy) is 3. The largest absolute Gasteiger partial charge is 0.462 e. The Morgan fingerprint density at radius 3 is 1.06 bits per heavy atom. The quantitative estimate of drug-likeness (QED) is 0.0267. The minimum Gasteiger partial charge on any atom is -0.462 e. The van der Waals surface area contributed by atoms with Gasteiger partial charge in [-0.15, -0.1) is 0 Å². The predicted molar refractivity (Wildman–Crippen MR) is 229 cm³/mol. The van der Waals surface area contributed by atoms with E-state index >= 15 is 0 Å². The van der Waals surface area contributed by atoms with E-state index in [-0.39, 0.29) is 31.1 Å². The molecule has 0 bridgehead atoms. The molecule has 0 saturated heterocycles. The summed E-state index contributed by atoms with van der Waals surface area (Å²) in [6.07, 6.45) is 48.5. The number of rotatable bonds is 41. The lowest BCUT2D eigenvalue weighted by Crippen LogP contribution is -2.30. The molecule has 0 N–H and O–H groups in total. The first-order chi connectivity index (χ1) is 26.5. The molecule has 0 radical (unpaired) electrons. The number of hydrogen-bond acceptors (Lipinski definition) is 6. The van der Waals surface area contributed by atoms with Crippen LogP contribution in [0.2, 0.25) is 0 Å². The number of allylic oxidation sites excluding steroid dienone is 6. The Bertz CT molecular complexity index is 922. The number of esters is 3. The lowest BCUT2D eigenvalue weighted by molar-refractivity contribution is -0.167. The van der Waals surface area contributed by atoms with E-state index in [2.05, 4.69) is 57.2 Å². The summed E-state index contributed by atoms with van der Waals surface area (Å²) in [7, 11) is 0. The number of unbranched alkanes of at least 4 members (excludes halogenated alkanes) is 24. The van der Waals surface area contributed by atoms with E-state index in [4.69, 9.17) is 14.2 Å². The Labute approximate surface area is 334 Å². The number of carbonyl (C=O) groups is 3. The van der Waals surface area contributed by atoms with E-state index < -0.39 is 6.10 Å². The summed E-state index contributed by atoms with van der Waals surface area (Å²) < 4.78 is 16.6. The van der Waals surface area contributed by atoms with E-state index in [1.54, 1.807) is 0 Å². The Kier molecular flexibility index (Phi) is 41.5. The van der Waals surface area contributed by atoms with Crippen LogP contribution in [-0.2, 0) is 28.6 Å². The molecule has 0 aliphatic heterocycles. The molecule has 1 unspecified atom stereocenters. The van der Waals surface area contributed by atoms with Crippen molar-refractivity contribution in [2.24, 2.45) is 0 Å². The van der Waals surface area contributed by atoms with Crippen molar-refractivity contribution in [3.63, 3.8) is 0 Å². The van der Waals surface area contributed by atoms with Gasteiger partial charge in [0.15, 0.2) is 6.10 Å². The Morgan fingerprint density at radius 2 is 0.667 bits per heavy atom. The van der Waals surface area contributed by atoms with Crippen molar-refractivity contribution >= 4 is 17.9 Å². The van der Waals surface area contributed by atoms with Crippen LogP contribution in [0.15, 0.2) is 36.5 Å². The summed E-state index contributed by atoms with van der Waals surface area (Å²) in [6.45, 7) is 6.54. The molecule has 0 amide bonds. The fraction of sp³-hybridized carbons (Fsp3) is 0.812. The second-order valence-corrected chi connectivity index (χ2v) is 15.3. The van der Waals surface area contributed by atoms with Gasteiger partial charge < -0.3 is 14.2 Å². The zero-order valence-electron chi connectivity index (χ0n) is 35.7. The second kappa shape index (κ2) is 43.4. The molecule has 0 heterocycles. The topological polar surface area (TPSA) is 78.9 Å². The first kappa shape index (κ1) is 51.6. The van der Waals surface area contributed by atoms with E-state index in [1.807, 2.05) is 0 Å². The maximum atomic E-state index is 12.7. The molecule has 0 aromatic carbocycles. The van der Waals surface area contributed by atoms with Gasteiger partial charge in [0.05, 0.1) is 0 Å². The Balaban J connectivity index is 4.33. The molecule has 6 heteroatoms. The summed E-state index contributed by atoms with van der Waals surface area (Å²) in [4.78, 5) is 37.6. The van der Waals surface area contributed by atoms with Crippen molar-refractivity contribution in [2.45, 2.75) is 239 Å². The van der Waals surface area contributed by atoms with Gasteiger partial charge in [0.25, 0.3) is 0 Å². The van der Waals surface area contributed by atoms with E-state index in [9.17, 15) is 14.4 Å². The third kappa shape index (κ3) is 40.8. The minimum absolute atomic E-state index is 0.0791. The van der Waals surface area contributed by atoms with Gasteiger partial charge in [-0.25, -0.2) is 0 Å². The third-order valence-electron chi connectivity index (χ3n) is 9.87. The highest BCUT2D eigenvalue weighted by Gasteiger charge is 2.19. The van der Waals surface area contributed by atoms with E-state index in [1.165, 1.54) is 103 Å². The molecule has 6 nitrogen and oxygen atoms in total. The van der Waals surface area contributed by atoms with Crippen molar-refractivity contribution in [2.75, 3.05) is 13.2 Å². The van der Waals surface area contributed by atoms with Crippen LogP contribution in [0.3, 0.4) is 0 Å². The summed E-state index contributed by atoms with van der Waals surface area (Å²) in [5.74, 6) is -0.907. The van der Waals surface area contributed by atoms with Gasteiger partial charge in [-0.2, -0.15) is 0 Å². The first-order valence-electron chi connectivity index (χ1n) is 23.0. The van der Waals surface area contributed by atoms with Gasteiger partial charge in [-0.05, 0) is 77.0 Å². The van der Waals surface area contributed by atoms with Crippen molar-refractivity contribution in [3.8, 4) is 0 Å². The highest BCUT2D eigenvalue weighted by atomic mass is 16.6. The molecule has 0 fully saturated rings. The molecule has 0 aromatic heterocycles. The van der Waals surface area contributed by atoms with E-state index in [0.717, 1.165) is 89.9 Å². The van der Waals surface area contributed by atoms with Crippen molar-refractivity contribution in [1.82, 2.24) is 0 Å². The molecular formula is C48H86O6. The molecule has 0 spiro atoms. The van der Waals surface area contributed by atoms with Crippen LogP contribution in [0, 0.1) is 0 Å². The fourth-order valence-corrected chi connectivity index (χ4v) is 6.35. The highest BCUT2D eigenvalue weighted by molar-refractivity contribution is 5.71. The van der Waals surface area contributed by atoms with Crippen molar-refractivity contribution in [3.05, 3.63) is 36.5 Å². The average molecular weight is 759 g/mol. The molecule has 0 rings (SSSR count). The van der Waals surface area contributed by atoms with Crippen LogP contribution < -0.4 is 0 Å². The molecular weight excluding hydrogens is 673 g/mol. The highest BCUT2D eigenvalue weighted by Crippen LogP contribution is 2.13. The lowest BCUT2D eigenvalue weighted by atomic mass is 10.1. The predicted octanol–water partition coefficient (Wildman–Crippen LogP) is 14.6. The van der Waals surface area contributed by atoms with E-state index in [0.29, 0.717) is 19.3 Å². The summed E-state index contributed by atoms with van der Waals surface area (Å²) in [5.41, 5.74) is 0. The summed E-state index contributed by atoms with van der Waals surface area (Å²) in [5, 5.41) is 0. The van der Waals surface area contributed by atoms with Crippen LogP contribution in [-0.4, -0.2) is 37.2 Å². The summed E-state index contributed by atoms with van der Waals surface area (Å²) >= 11 is 0. The number of hydrogen-bond donors (Lipinski definition) is 0. The van der Waals surface area contributed by atoms with Gasteiger partial charge in [0.2, 0.25) is 0 Å². The maximum Gasteiger partial charge on any atom is 0.306 e. The van der Waals surface area contributed by atoms with Gasteiger partial charge >= 0.3 is 17.9 Å². The van der Waals surface area contributed by atoms with Gasteiger partial charge in [0, 0.05) is 19.3 Å². The summed E-state index contributed by atoms with van der Waals surface area (Å²) in [6, 6.07) is 0. The van der Waals surface area contributed by atoms with Crippen molar-refractivity contribution < 1.29 is 28.6 Å². The molecule has 54 heavy (non-hydrogen) atoms. The molecule has 0 aliphatic carbocycles.